The van der Waals surface area contributed by atoms with Crippen LogP contribution in [0.15, 0.2) is 34.9 Å². The fraction of sp³-hybridized carbons (Fsp3) is 0.517. The standard InChI is InChI=1S/C29H36BrN5O3/c1-15(2)16(3)33-25-13-22(24(30)12-23(25)28(31)37)29(38)34-19-10-20-7-8-21(11-19)35(20)26-9-6-18(14-32-26)27(36)17-4-5-17/h6,9,12-17,19-21,33H,4-5,7-8,10-11H2,1-3H3,(H2,31,37)(H,34,38)/t16-,19-,20+,21-/m0/s1. The molecule has 1 aromatic carbocycles. The first-order valence-electron chi connectivity index (χ1n) is 13.6. The van der Waals surface area contributed by atoms with Crippen LogP contribution in [0, 0.1) is 11.8 Å². The summed E-state index contributed by atoms with van der Waals surface area (Å²) in [6.45, 7) is 6.22. The van der Waals surface area contributed by atoms with Crippen molar-refractivity contribution in [3.63, 3.8) is 0 Å². The molecule has 5 rings (SSSR count). The van der Waals surface area contributed by atoms with E-state index in [2.05, 4.69) is 50.3 Å². The zero-order valence-electron chi connectivity index (χ0n) is 22.2. The minimum Gasteiger partial charge on any atom is -0.382 e. The maximum Gasteiger partial charge on any atom is 0.252 e. The summed E-state index contributed by atoms with van der Waals surface area (Å²) in [5.74, 6) is 0.929. The van der Waals surface area contributed by atoms with Gasteiger partial charge in [-0.1, -0.05) is 13.8 Å². The Bertz CT molecular complexity index is 1230. The lowest BCUT2D eigenvalue weighted by molar-refractivity contribution is 0.0923. The number of benzene rings is 1. The third kappa shape index (κ3) is 5.44. The number of amides is 2. The molecule has 2 bridgehead atoms. The molecule has 8 nitrogen and oxygen atoms in total. The second-order valence-electron chi connectivity index (χ2n) is 11.4. The Labute approximate surface area is 232 Å². The summed E-state index contributed by atoms with van der Waals surface area (Å²) in [5, 5.41) is 6.59. The molecule has 4 N–H and O–H groups in total. The number of hydrogen-bond acceptors (Lipinski definition) is 6. The first-order valence-corrected chi connectivity index (χ1v) is 14.4. The molecule has 1 saturated carbocycles. The molecule has 202 valence electrons. The Balaban J connectivity index is 1.27. The number of carbonyl (C=O) groups excluding carboxylic acids is 3. The zero-order valence-corrected chi connectivity index (χ0v) is 23.8. The van der Waals surface area contributed by atoms with Gasteiger partial charge in [0.1, 0.15) is 5.82 Å². The van der Waals surface area contributed by atoms with Crippen molar-refractivity contribution in [3.05, 3.63) is 51.6 Å². The largest absolute Gasteiger partial charge is 0.382 e. The minimum atomic E-state index is -0.543. The Morgan fingerprint density at radius 2 is 1.71 bits per heavy atom. The van der Waals surface area contributed by atoms with Crippen molar-refractivity contribution in [3.8, 4) is 0 Å². The average molecular weight is 583 g/mol. The first kappa shape index (κ1) is 26.7. The number of primary amides is 1. The van der Waals surface area contributed by atoms with E-state index in [4.69, 9.17) is 5.73 Å². The lowest BCUT2D eigenvalue weighted by atomic mass is 9.96. The van der Waals surface area contributed by atoms with Gasteiger partial charge in [0.15, 0.2) is 5.78 Å². The van der Waals surface area contributed by atoms with Gasteiger partial charge in [-0.2, -0.15) is 0 Å². The number of anilines is 2. The summed E-state index contributed by atoms with van der Waals surface area (Å²) >= 11 is 3.48. The van der Waals surface area contributed by atoms with Gasteiger partial charge < -0.3 is 21.3 Å². The smallest absolute Gasteiger partial charge is 0.252 e. The fourth-order valence-electron chi connectivity index (χ4n) is 5.68. The number of nitrogens with zero attached hydrogens (tertiary/aromatic N) is 2. The minimum absolute atomic E-state index is 0.0423. The van der Waals surface area contributed by atoms with Gasteiger partial charge in [-0.05, 0) is 91.6 Å². The van der Waals surface area contributed by atoms with Crippen LogP contribution < -0.4 is 21.3 Å². The number of ketones is 1. The molecule has 3 fully saturated rings. The number of halogens is 1. The van der Waals surface area contributed by atoms with Crippen molar-refractivity contribution in [2.45, 2.75) is 83.5 Å². The van der Waals surface area contributed by atoms with Gasteiger partial charge >= 0.3 is 0 Å². The van der Waals surface area contributed by atoms with Gasteiger partial charge in [0, 0.05) is 52.0 Å². The summed E-state index contributed by atoms with van der Waals surface area (Å²) in [4.78, 5) is 44.8. The summed E-state index contributed by atoms with van der Waals surface area (Å²) in [6.07, 6.45) is 7.48. The third-order valence-corrected chi connectivity index (χ3v) is 8.97. The molecule has 38 heavy (non-hydrogen) atoms. The Morgan fingerprint density at radius 3 is 2.26 bits per heavy atom. The van der Waals surface area contributed by atoms with Crippen LogP contribution in [0.1, 0.15) is 90.4 Å². The summed E-state index contributed by atoms with van der Waals surface area (Å²) in [5.41, 5.74) is 7.72. The Morgan fingerprint density at radius 1 is 1.03 bits per heavy atom. The second-order valence-corrected chi connectivity index (χ2v) is 12.3. The van der Waals surface area contributed by atoms with Crippen LogP contribution in [0.4, 0.5) is 11.5 Å². The Hall–Kier alpha value is -2.94. The van der Waals surface area contributed by atoms with Gasteiger partial charge in [0.25, 0.3) is 11.8 Å². The van der Waals surface area contributed by atoms with E-state index in [1.165, 1.54) is 0 Å². The van der Waals surface area contributed by atoms with E-state index in [0.717, 1.165) is 44.3 Å². The molecular formula is C29H36BrN5O3. The molecule has 0 unspecified atom stereocenters. The van der Waals surface area contributed by atoms with E-state index in [9.17, 15) is 14.4 Å². The highest BCUT2D eigenvalue weighted by molar-refractivity contribution is 9.10. The molecule has 4 atom stereocenters. The quantitative estimate of drug-likeness (QED) is 0.362. The predicted molar refractivity (Wildman–Crippen MR) is 152 cm³/mol. The van der Waals surface area contributed by atoms with E-state index in [-0.39, 0.29) is 29.7 Å². The van der Waals surface area contributed by atoms with Gasteiger partial charge in [-0.25, -0.2) is 4.98 Å². The van der Waals surface area contributed by atoms with Crippen LogP contribution in [0.25, 0.3) is 0 Å². The van der Waals surface area contributed by atoms with Crippen LogP contribution in [-0.2, 0) is 0 Å². The molecule has 2 saturated heterocycles. The summed E-state index contributed by atoms with van der Waals surface area (Å²) < 4.78 is 0.539. The average Bonchev–Trinajstić information content (AvgIpc) is 3.69. The van der Waals surface area contributed by atoms with Crippen molar-refractivity contribution in [1.82, 2.24) is 10.3 Å². The van der Waals surface area contributed by atoms with E-state index < -0.39 is 5.91 Å². The van der Waals surface area contributed by atoms with E-state index in [1.807, 2.05) is 19.1 Å². The molecule has 1 aromatic heterocycles. The maximum atomic E-state index is 13.4. The SMILES string of the molecule is CC(C)[C@H](C)Nc1cc(C(=O)N[C@H]2C[C@H]3CC[C@@H](C2)N3c2ccc(C(=O)C3CC3)cn2)c(Br)cc1C(N)=O. The highest BCUT2D eigenvalue weighted by Crippen LogP contribution is 2.39. The van der Waals surface area contributed by atoms with Crippen LogP contribution in [-0.4, -0.2) is 46.7 Å². The lowest BCUT2D eigenvalue weighted by Gasteiger charge is -2.40. The highest BCUT2D eigenvalue weighted by atomic mass is 79.9. The number of hydrogen-bond donors (Lipinski definition) is 3. The summed E-state index contributed by atoms with van der Waals surface area (Å²) in [6, 6.07) is 7.96. The van der Waals surface area contributed by atoms with E-state index in [0.29, 0.717) is 44.9 Å². The van der Waals surface area contributed by atoms with Gasteiger partial charge in [-0.3, -0.25) is 14.4 Å². The molecule has 0 spiro atoms. The zero-order chi connectivity index (χ0) is 27.1. The molecule has 2 aromatic rings. The van der Waals surface area contributed by atoms with Gasteiger partial charge in [0.05, 0.1) is 11.1 Å². The van der Waals surface area contributed by atoms with Crippen LogP contribution in [0.2, 0.25) is 0 Å². The molecule has 0 radical (unpaired) electrons. The number of pyridine rings is 1. The maximum absolute atomic E-state index is 13.4. The normalized spacial score (nSPS) is 23.3. The molecular weight excluding hydrogens is 546 g/mol. The highest BCUT2D eigenvalue weighted by Gasteiger charge is 2.42. The number of aromatic nitrogens is 1. The topological polar surface area (TPSA) is 117 Å². The number of piperidine rings is 1. The van der Waals surface area contributed by atoms with Crippen molar-refractivity contribution < 1.29 is 14.4 Å². The van der Waals surface area contributed by atoms with E-state index in [1.54, 1.807) is 18.3 Å². The third-order valence-electron chi connectivity index (χ3n) is 8.31. The van der Waals surface area contributed by atoms with Gasteiger partial charge in [0.2, 0.25) is 0 Å². The van der Waals surface area contributed by atoms with Crippen LogP contribution in [0.3, 0.4) is 0 Å². The number of rotatable bonds is 9. The molecule has 3 aliphatic rings. The number of fused-ring (bicyclic) bond motifs is 2. The van der Waals surface area contributed by atoms with Crippen molar-refractivity contribution in [1.29, 1.82) is 0 Å². The molecule has 3 heterocycles. The van der Waals surface area contributed by atoms with Crippen molar-refractivity contribution in [2.75, 3.05) is 10.2 Å². The molecule has 1 aliphatic carbocycles. The number of Topliss-reactive ketones (excluding diaryl/α,β-unsaturated/α-hetero) is 1. The monoisotopic (exact) mass is 581 g/mol. The fourth-order valence-corrected chi connectivity index (χ4v) is 6.20. The van der Waals surface area contributed by atoms with Crippen LogP contribution >= 0.6 is 15.9 Å². The molecule has 9 heteroatoms. The Kier molecular flexibility index (Phi) is 7.49. The number of nitrogens with one attached hydrogen (secondary N) is 2. The van der Waals surface area contributed by atoms with E-state index >= 15 is 0 Å². The number of carbonyl (C=O) groups is 3. The van der Waals surface area contributed by atoms with Crippen molar-refractivity contribution in [2.24, 2.45) is 17.6 Å². The second kappa shape index (κ2) is 10.7. The van der Waals surface area contributed by atoms with Crippen molar-refractivity contribution >= 4 is 45.0 Å². The molecule has 2 amide bonds. The summed E-state index contributed by atoms with van der Waals surface area (Å²) in [7, 11) is 0. The van der Waals surface area contributed by atoms with Gasteiger partial charge in [-0.15, -0.1) is 0 Å². The number of nitrogens with two attached hydrogens (primary N) is 1. The predicted octanol–water partition coefficient (Wildman–Crippen LogP) is 4.92. The first-order chi connectivity index (χ1) is 18.1. The lowest BCUT2D eigenvalue weighted by Crippen LogP contribution is -2.50. The van der Waals surface area contributed by atoms with Crippen LogP contribution in [0.5, 0.6) is 0 Å². The molecule has 2 aliphatic heterocycles.